The van der Waals surface area contributed by atoms with Crippen LogP contribution in [0.4, 0.5) is 0 Å². The molecule has 0 saturated heterocycles. The molecule has 0 nitrogen and oxygen atoms in total. The quantitative estimate of drug-likeness (QED) is 0.409. The molecule has 1 aliphatic rings. The monoisotopic (exact) mass is 271 g/mol. The first-order chi connectivity index (χ1) is 2.50. The summed E-state index contributed by atoms with van der Waals surface area (Å²) in [4.78, 5) is 0. The summed E-state index contributed by atoms with van der Waals surface area (Å²) in [6.45, 7) is 0. The Morgan fingerprint density at radius 2 is 1.55 bits per heavy atom. The number of halogens is 2. The van der Waals surface area contributed by atoms with E-state index in [9.17, 15) is 0 Å². The molecule has 0 atom stereocenters. The molecule has 0 heterocycles. The van der Waals surface area contributed by atoms with Crippen molar-refractivity contribution in [2.45, 2.75) is 13.8 Å². The molecule has 0 radical (unpaired) electrons. The van der Waals surface area contributed by atoms with E-state index in [4.69, 9.17) is 0 Å². The first kappa shape index (κ1) is 40.5. The maximum absolute atomic E-state index is 2.99. The molecule has 3 heteroatoms. The number of rotatable bonds is 0. The summed E-state index contributed by atoms with van der Waals surface area (Å²) in [5.74, 6) is 0. The molecule has 0 aromatic heterocycles. The number of hydrogen-bond donors (Lipinski definition) is 0. The van der Waals surface area contributed by atoms with Gasteiger partial charge in [-0.2, -0.15) is 6.08 Å². The number of hydrogen-bond acceptors (Lipinski definition) is 0. The van der Waals surface area contributed by atoms with Crippen LogP contribution in [0.25, 0.3) is 0 Å². The molecule has 0 aromatic rings. The predicted molar refractivity (Wildman–Crippen MR) is 41.1 cm³/mol. The van der Waals surface area contributed by atoms with Gasteiger partial charge in [-0.1, -0.05) is 7.43 Å². The third-order valence-corrected chi connectivity index (χ3v) is 0.586. The Kier molecular flexibility index (Phi) is 113. The van der Waals surface area contributed by atoms with Gasteiger partial charge in [0.15, 0.2) is 0 Å². The zero-order valence-corrected chi connectivity index (χ0v) is 10.2. The molecule has 0 fully saturated rings. The first-order valence-corrected chi connectivity index (χ1v) is 1.72. The van der Waals surface area contributed by atoms with E-state index in [1.54, 1.807) is 0 Å². The van der Waals surface area contributed by atoms with Crippen LogP contribution < -0.4 is 24.8 Å². The van der Waals surface area contributed by atoms with Crippen molar-refractivity contribution in [2.24, 2.45) is 0 Å². The maximum Gasteiger partial charge on any atom is 2.00 e. The summed E-state index contributed by atoms with van der Waals surface area (Å²) < 4.78 is 0. The summed E-state index contributed by atoms with van der Waals surface area (Å²) in [6, 6.07) is 0. The normalized spacial score (nSPS) is 8.00. The van der Waals surface area contributed by atoms with Crippen LogP contribution in [-0.4, -0.2) is 0 Å². The topological polar surface area (TPSA) is 0 Å². The summed E-state index contributed by atoms with van der Waals surface area (Å²) in [6.07, 6.45) is 10.0. The maximum atomic E-state index is 2.99. The zero-order valence-electron chi connectivity index (χ0n) is 6.20. The van der Waals surface area contributed by atoms with E-state index in [2.05, 4.69) is 12.2 Å². The van der Waals surface area contributed by atoms with Crippen molar-refractivity contribution in [3.05, 3.63) is 39.2 Å². The molecule has 0 aromatic carbocycles. The average Bonchev–Trinajstić information content (AvgIpc) is 1.76. The fourth-order valence-electron chi connectivity index (χ4n) is 0.340. The van der Waals surface area contributed by atoms with Crippen LogP contribution in [0.1, 0.15) is 13.8 Å². The van der Waals surface area contributed by atoms with E-state index in [0.717, 1.165) is 6.42 Å². The standard InChI is InChI=1S/C5H5.CH4.2CH3.2ClH.Zr/c1-2-4-5-3-1;;;;;;/h1-3H,4H2;1H4;2*1H3;2*1H;/q-1;;2*-1;;;+2/p-2. The van der Waals surface area contributed by atoms with Gasteiger partial charge in [0.05, 0.1) is 0 Å². The van der Waals surface area contributed by atoms with Crippen LogP contribution >= 0.6 is 0 Å². The minimum atomic E-state index is 0. The molecule has 0 unspecified atom stereocenters. The van der Waals surface area contributed by atoms with Gasteiger partial charge in [0, 0.05) is 0 Å². The van der Waals surface area contributed by atoms with Crippen molar-refractivity contribution in [2.75, 3.05) is 0 Å². The van der Waals surface area contributed by atoms with Gasteiger partial charge in [-0.3, -0.25) is 6.08 Å². The Labute approximate surface area is 103 Å². The van der Waals surface area contributed by atoms with E-state index < -0.39 is 0 Å². The van der Waals surface area contributed by atoms with Gasteiger partial charge in [-0.15, -0.1) is 6.42 Å². The predicted octanol–water partition coefficient (Wildman–Crippen LogP) is -3.15. The van der Waals surface area contributed by atoms with Crippen LogP contribution in [-0.2, 0) is 26.2 Å². The molecular formula is C8H15Cl2Zr-3. The molecule has 0 aliphatic heterocycles. The minimum Gasteiger partial charge on any atom is -1.00 e. The molecule has 68 valence electrons. The van der Waals surface area contributed by atoms with E-state index in [1.165, 1.54) is 0 Å². The largest absolute Gasteiger partial charge is 2.00 e. The van der Waals surface area contributed by atoms with E-state index >= 15 is 0 Å². The third kappa shape index (κ3) is 24.8. The molecule has 0 N–H and O–H groups in total. The van der Waals surface area contributed by atoms with Crippen LogP contribution in [0.15, 0.2) is 18.2 Å². The SMILES string of the molecule is C.[C-]1=CC=CC1.[CH3-].[CH3-].[Cl-].[Cl-].[Zr+2]. The zero-order chi connectivity index (χ0) is 3.54. The summed E-state index contributed by atoms with van der Waals surface area (Å²) in [5.41, 5.74) is 0. The molecule has 11 heavy (non-hydrogen) atoms. The molecule has 0 saturated carbocycles. The van der Waals surface area contributed by atoms with E-state index in [-0.39, 0.29) is 73.3 Å². The van der Waals surface area contributed by atoms with Gasteiger partial charge in [0.1, 0.15) is 0 Å². The van der Waals surface area contributed by atoms with Crippen molar-refractivity contribution in [1.29, 1.82) is 0 Å². The van der Waals surface area contributed by atoms with Gasteiger partial charge < -0.3 is 39.7 Å². The van der Waals surface area contributed by atoms with Crippen molar-refractivity contribution >= 4 is 0 Å². The van der Waals surface area contributed by atoms with E-state index in [1.807, 2.05) is 12.2 Å². The molecular weight excluding hydrogens is 258 g/mol. The second-order valence-corrected chi connectivity index (χ2v) is 1.00. The second kappa shape index (κ2) is 30.6. The molecule has 1 rings (SSSR count). The van der Waals surface area contributed by atoms with Gasteiger partial charge in [0.2, 0.25) is 0 Å². The molecule has 0 amide bonds. The van der Waals surface area contributed by atoms with Gasteiger partial charge >= 0.3 is 26.2 Å². The fraction of sp³-hybridized carbons (Fsp3) is 0.250. The Balaban J connectivity index is -0.0000000104. The molecule has 0 bridgehead atoms. The van der Waals surface area contributed by atoms with Crippen LogP contribution in [0.3, 0.4) is 0 Å². The second-order valence-electron chi connectivity index (χ2n) is 1.00. The van der Waals surface area contributed by atoms with Crippen molar-refractivity contribution in [3.8, 4) is 0 Å². The fourth-order valence-corrected chi connectivity index (χ4v) is 0.340. The Bertz CT molecular complexity index is 70.2. The van der Waals surface area contributed by atoms with Crippen LogP contribution in [0.2, 0.25) is 0 Å². The summed E-state index contributed by atoms with van der Waals surface area (Å²) >= 11 is 0. The first-order valence-electron chi connectivity index (χ1n) is 1.72. The summed E-state index contributed by atoms with van der Waals surface area (Å²) in [7, 11) is 0. The third-order valence-electron chi connectivity index (χ3n) is 0.586. The van der Waals surface area contributed by atoms with Gasteiger partial charge in [-0.25, -0.2) is 12.2 Å². The van der Waals surface area contributed by atoms with Gasteiger partial charge in [-0.05, 0) is 0 Å². The van der Waals surface area contributed by atoms with E-state index in [0.29, 0.717) is 0 Å². The van der Waals surface area contributed by atoms with Crippen LogP contribution in [0.5, 0.6) is 0 Å². The summed E-state index contributed by atoms with van der Waals surface area (Å²) in [5, 5.41) is 0. The number of allylic oxidation sites excluding steroid dienone is 4. The average molecular weight is 273 g/mol. The van der Waals surface area contributed by atoms with Crippen molar-refractivity contribution in [3.63, 3.8) is 0 Å². The Hall–Kier alpha value is 0.943. The molecule has 1 aliphatic carbocycles. The smallest absolute Gasteiger partial charge is 1.00 e. The molecule has 0 spiro atoms. The minimum absolute atomic E-state index is 0. The Morgan fingerprint density at radius 1 is 1.09 bits per heavy atom. The van der Waals surface area contributed by atoms with Crippen molar-refractivity contribution in [1.82, 2.24) is 0 Å². The van der Waals surface area contributed by atoms with Gasteiger partial charge in [0.25, 0.3) is 0 Å². The Morgan fingerprint density at radius 3 is 1.64 bits per heavy atom. The van der Waals surface area contributed by atoms with Crippen LogP contribution in [0, 0.1) is 20.9 Å². The van der Waals surface area contributed by atoms with Crippen molar-refractivity contribution < 1.29 is 51.0 Å².